The maximum Gasteiger partial charge on any atom is 0.323 e. The molecule has 6 heteroatoms. The molecule has 0 bridgehead atoms. The molecule has 1 heterocycles. The van der Waals surface area contributed by atoms with Crippen LogP contribution < -0.4 is 5.32 Å². The van der Waals surface area contributed by atoms with Crippen LogP contribution in [0.15, 0.2) is 28.6 Å². The number of hydrogen-bond donors (Lipinski definition) is 2. The lowest BCUT2D eigenvalue weighted by molar-refractivity contribution is -0.144. The molecule has 1 fully saturated rings. The molecule has 2 unspecified atom stereocenters. The van der Waals surface area contributed by atoms with Gasteiger partial charge in [-0.2, -0.15) is 0 Å². The largest absolute Gasteiger partial charge is 0.480 e. The molecule has 1 aromatic carbocycles. The zero-order valence-corrected chi connectivity index (χ0v) is 13.5. The minimum atomic E-state index is -0.747. The highest BCUT2D eigenvalue weighted by Crippen LogP contribution is 2.42. The van der Waals surface area contributed by atoms with Crippen molar-refractivity contribution in [1.29, 1.82) is 0 Å². The molecule has 1 aliphatic carbocycles. The van der Waals surface area contributed by atoms with E-state index >= 15 is 0 Å². The van der Waals surface area contributed by atoms with Crippen molar-refractivity contribution in [2.45, 2.75) is 41.3 Å². The monoisotopic (exact) mass is 322 g/mol. The molecule has 21 heavy (non-hydrogen) atoms. The van der Waals surface area contributed by atoms with E-state index in [9.17, 15) is 9.90 Å². The third-order valence-corrected chi connectivity index (χ3v) is 6.33. The summed E-state index contributed by atoms with van der Waals surface area (Å²) >= 11 is 3.42. The highest BCUT2D eigenvalue weighted by molar-refractivity contribution is 8.01. The minimum absolute atomic E-state index is 0.320. The third-order valence-electron chi connectivity index (χ3n) is 3.94. The summed E-state index contributed by atoms with van der Waals surface area (Å²) in [5.41, 5.74) is 0.280. The van der Waals surface area contributed by atoms with Gasteiger partial charge in [-0.15, -0.1) is 11.3 Å². The second-order valence-electron chi connectivity index (χ2n) is 5.35. The Labute approximate surface area is 132 Å². The van der Waals surface area contributed by atoms with Gasteiger partial charge in [-0.25, -0.2) is 4.98 Å². The summed E-state index contributed by atoms with van der Waals surface area (Å²) in [4.78, 5) is 16.2. The zero-order chi connectivity index (χ0) is 14.9. The van der Waals surface area contributed by atoms with Crippen molar-refractivity contribution in [2.24, 2.45) is 0 Å². The van der Waals surface area contributed by atoms with Gasteiger partial charge in [-0.3, -0.25) is 4.79 Å². The van der Waals surface area contributed by atoms with Crippen molar-refractivity contribution in [2.75, 3.05) is 6.54 Å². The summed E-state index contributed by atoms with van der Waals surface area (Å²) in [5.74, 6) is -0.725. The number of benzene rings is 1. The molecule has 0 saturated heterocycles. The van der Waals surface area contributed by atoms with E-state index in [2.05, 4.69) is 16.4 Å². The first-order chi connectivity index (χ1) is 10.1. The standard InChI is InChI=1S/C15H18N2O2S2/c1-2-16-15(13(18)19)8-7-10(9-15)20-14-17-11-5-3-4-6-12(11)21-14/h3-6,10,16H,2,7-9H2,1H3,(H,18,19). The predicted octanol–water partition coefficient (Wildman–Crippen LogP) is 3.37. The Hall–Kier alpha value is -1.11. The van der Waals surface area contributed by atoms with Crippen LogP contribution in [-0.4, -0.2) is 33.4 Å². The molecule has 1 saturated carbocycles. The van der Waals surface area contributed by atoms with Crippen LogP contribution in [0.4, 0.5) is 0 Å². The average molecular weight is 322 g/mol. The number of para-hydroxylation sites is 1. The summed E-state index contributed by atoms with van der Waals surface area (Å²) < 4.78 is 2.23. The van der Waals surface area contributed by atoms with Crippen LogP contribution in [0.5, 0.6) is 0 Å². The summed E-state index contributed by atoms with van der Waals surface area (Å²) in [6.07, 6.45) is 2.27. The fourth-order valence-corrected chi connectivity index (χ4v) is 5.52. The van der Waals surface area contributed by atoms with Gasteiger partial charge < -0.3 is 10.4 Å². The van der Waals surface area contributed by atoms with Gasteiger partial charge in [-0.05, 0) is 37.9 Å². The molecule has 0 radical (unpaired) electrons. The van der Waals surface area contributed by atoms with E-state index in [0.717, 1.165) is 16.3 Å². The molecule has 112 valence electrons. The molecule has 1 aliphatic rings. The number of aliphatic carboxylic acids is 1. The van der Waals surface area contributed by atoms with Gasteiger partial charge in [0.15, 0.2) is 4.34 Å². The van der Waals surface area contributed by atoms with E-state index in [1.165, 1.54) is 4.70 Å². The van der Waals surface area contributed by atoms with Gasteiger partial charge in [-0.1, -0.05) is 30.8 Å². The fraction of sp³-hybridized carbons (Fsp3) is 0.467. The Kier molecular flexibility index (Phi) is 4.19. The van der Waals surface area contributed by atoms with Crippen LogP contribution in [-0.2, 0) is 4.79 Å². The summed E-state index contributed by atoms with van der Waals surface area (Å²) in [5, 5.41) is 13.0. The van der Waals surface area contributed by atoms with Crippen molar-refractivity contribution in [3.8, 4) is 0 Å². The Balaban J connectivity index is 1.73. The number of nitrogens with one attached hydrogen (secondary N) is 1. The number of fused-ring (bicyclic) bond motifs is 1. The Morgan fingerprint density at radius 2 is 2.38 bits per heavy atom. The number of rotatable bonds is 5. The first kappa shape index (κ1) is 14.8. The van der Waals surface area contributed by atoms with E-state index in [4.69, 9.17) is 0 Å². The van der Waals surface area contributed by atoms with E-state index in [0.29, 0.717) is 24.6 Å². The smallest absolute Gasteiger partial charge is 0.323 e. The van der Waals surface area contributed by atoms with E-state index in [-0.39, 0.29) is 0 Å². The van der Waals surface area contributed by atoms with Crippen LogP contribution in [0.2, 0.25) is 0 Å². The Morgan fingerprint density at radius 1 is 1.57 bits per heavy atom. The number of carboxylic acid groups (broad SMARTS) is 1. The average Bonchev–Trinajstić information content (AvgIpc) is 3.04. The maximum atomic E-state index is 11.6. The van der Waals surface area contributed by atoms with Crippen molar-refractivity contribution < 1.29 is 9.90 Å². The van der Waals surface area contributed by atoms with Crippen LogP contribution >= 0.6 is 23.1 Å². The van der Waals surface area contributed by atoms with Crippen molar-refractivity contribution in [3.05, 3.63) is 24.3 Å². The van der Waals surface area contributed by atoms with Crippen LogP contribution in [0.1, 0.15) is 26.2 Å². The van der Waals surface area contributed by atoms with E-state index in [1.807, 2.05) is 25.1 Å². The molecule has 0 aliphatic heterocycles. The van der Waals surface area contributed by atoms with Crippen molar-refractivity contribution in [3.63, 3.8) is 0 Å². The van der Waals surface area contributed by atoms with Gasteiger partial charge in [0, 0.05) is 5.25 Å². The van der Waals surface area contributed by atoms with Crippen molar-refractivity contribution >= 4 is 39.3 Å². The first-order valence-corrected chi connectivity index (χ1v) is 8.83. The normalized spacial score (nSPS) is 25.5. The van der Waals surface area contributed by atoms with Gasteiger partial charge in [0.2, 0.25) is 0 Å². The molecule has 3 rings (SSSR count). The molecule has 1 aromatic heterocycles. The van der Waals surface area contributed by atoms with Gasteiger partial charge in [0.25, 0.3) is 0 Å². The topological polar surface area (TPSA) is 62.2 Å². The second-order valence-corrected chi connectivity index (χ2v) is 7.93. The number of carboxylic acids is 1. The molecule has 0 amide bonds. The SMILES string of the molecule is CCNC1(C(=O)O)CCC(Sc2nc3ccccc3s2)C1. The second kappa shape index (κ2) is 5.94. The number of aromatic nitrogens is 1. The van der Waals surface area contributed by atoms with E-state index < -0.39 is 11.5 Å². The Morgan fingerprint density at radius 3 is 3.10 bits per heavy atom. The third kappa shape index (κ3) is 2.93. The number of nitrogens with zero attached hydrogens (tertiary/aromatic N) is 1. The summed E-state index contributed by atoms with van der Waals surface area (Å²) in [7, 11) is 0. The predicted molar refractivity (Wildman–Crippen MR) is 87.2 cm³/mol. The molecule has 2 atom stereocenters. The first-order valence-electron chi connectivity index (χ1n) is 7.13. The van der Waals surface area contributed by atoms with Gasteiger partial charge in [0.05, 0.1) is 10.2 Å². The number of thioether (sulfide) groups is 1. The van der Waals surface area contributed by atoms with Crippen LogP contribution in [0.25, 0.3) is 10.2 Å². The highest BCUT2D eigenvalue weighted by atomic mass is 32.2. The number of carbonyl (C=O) groups is 1. The lowest BCUT2D eigenvalue weighted by Crippen LogP contribution is -2.50. The minimum Gasteiger partial charge on any atom is -0.480 e. The lowest BCUT2D eigenvalue weighted by Gasteiger charge is -2.25. The van der Waals surface area contributed by atoms with Crippen LogP contribution in [0, 0.1) is 0 Å². The lowest BCUT2D eigenvalue weighted by atomic mass is 9.98. The molecular formula is C15H18N2O2S2. The number of likely N-dealkylation sites (N-methyl/N-ethyl adjacent to an activating group) is 1. The van der Waals surface area contributed by atoms with Gasteiger partial charge in [0.1, 0.15) is 5.54 Å². The molecule has 4 nitrogen and oxygen atoms in total. The fourth-order valence-electron chi connectivity index (χ4n) is 2.91. The number of hydrogen-bond acceptors (Lipinski definition) is 5. The van der Waals surface area contributed by atoms with Crippen molar-refractivity contribution in [1.82, 2.24) is 10.3 Å². The highest BCUT2D eigenvalue weighted by Gasteiger charge is 2.45. The number of thiazole rings is 1. The Bertz CT molecular complexity index is 625. The molecular weight excluding hydrogens is 304 g/mol. The van der Waals surface area contributed by atoms with Crippen LogP contribution in [0.3, 0.4) is 0 Å². The summed E-state index contributed by atoms with van der Waals surface area (Å²) in [6, 6.07) is 8.11. The van der Waals surface area contributed by atoms with Gasteiger partial charge >= 0.3 is 5.97 Å². The van der Waals surface area contributed by atoms with E-state index in [1.54, 1.807) is 23.1 Å². The quantitative estimate of drug-likeness (QED) is 0.883. The maximum absolute atomic E-state index is 11.6. The summed E-state index contributed by atoms with van der Waals surface area (Å²) in [6.45, 7) is 2.64. The molecule has 2 aromatic rings. The zero-order valence-electron chi connectivity index (χ0n) is 11.8. The molecule has 0 spiro atoms. The molecule has 2 N–H and O–H groups in total.